The third-order valence-corrected chi connectivity index (χ3v) is 8.10. The molecule has 28 heavy (non-hydrogen) atoms. The largest absolute Gasteiger partial charge is 0.743 e. The maximum absolute atomic E-state index is 10.1. The van der Waals surface area contributed by atoms with E-state index in [1.807, 2.05) is 0 Å². The first-order valence-corrected chi connectivity index (χ1v) is 12.0. The fourth-order valence-corrected chi connectivity index (χ4v) is 5.92. The lowest BCUT2D eigenvalue weighted by Gasteiger charge is -2.07. The van der Waals surface area contributed by atoms with Crippen LogP contribution in [0.2, 0.25) is 0 Å². The molecule has 0 aliphatic heterocycles. The van der Waals surface area contributed by atoms with Crippen LogP contribution in [-0.2, 0) is 21.0 Å². The van der Waals surface area contributed by atoms with Crippen molar-refractivity contribution in [2.45, 2.75) is 18.9 Å². The van der Waals surface area contributed by atoms with Gasteiger partial charge in [-0.3, -0.25) is 0 Å². The van der Waals surface area contributed by atoms with Gasteiger partial charge in [0.25, 0.3) is 0 Å². The molecule has 0 atom stereocenters. The van der Waals surface area contributed by atoms with Crippen LogP contribution in [0.25, 0.3) is 0 Å². The van der Waals surface area contributed by atoms with Crippen molar-refractivity contribution >= 4 is 32.3 Å². The Labute approximate surface area is 172 Å². The highest BCUT2D eigenvalue weighted by atomic mass is 32.3. The minimum absolute atomic E-state index is 0.0146. The summed E-state index contributed by atoms with van der Waals surface area (Å²) in [5.74, 6) is 0. The van der Waals surface area contributed by atoms with E-state index in [-0.39, 0.29) is 15.1 Å². The number of hydrogen-bond acceptors (Lipinski definition) is 4. The number of thiophene rings is 1. The van der Waals surface area contributed by atoms with E-state index in [0.29, 0.717) is 0 Å². The van der Waals surface area contributed by atoms with Gasteiger partial charge in [-0.1, -0.05) is 60.7 Å². The Morgan fingerprint density at radius 2 is 1.00 bits per heavy atom. The van der Waals surface area contributed by atoms with Crippen molar-refractivity contribution in [3.8, 4) is 0 Å². The van der Waals surface area contributed by atoms with Gasteiger partial charge in [0.05, 0.1) is 10.9 Å². The van der Waals surface area contributed by atoms with Gasteiger partial charge in [0.15, 0.2) is 14.7 Å². The Balaban J connectivity index is 0.000000211. The molecule has 6 heteroatoms. The molecule has 0 spiro atoms. The Morgan fingerprint density at radius 1 is 0.607 bits per heavy atom. The molecule has 4 rings (SSSR count). The van der Waals surface area contributed by atoms with Crippen LogP contribution < -0.4 is 0 Å². The molecule has 4 aromatic rings. The SMILES string of the molecule is O=S(=O)([O-])c1cccs1.c1ccc([S+](c2ccccc2)c2ccccc2)cc1. The van der Waals surface area contributed by atoms with Crippen molar-refractivity contribution in [3.05, 3.63) is 109 Å². The molecule has 0 bridgehead atoms. The van der Waals surface area contributed by atoms with Crippen LogP contribution in [0.1, 0.15) is 0 Å². The molecule has 0 radical (unpaired) electrons. The Morgan fingerprint density at radius 3 is 1.25 bits per heavy atom. The van der Waals surface area contributed by atoms with Gasteiger partial charge in [0.1, 0.15) is 14.3 Å². The highest BCUT2D eigenvalue weighted by molar-refractivity contribution is 7.97. The summed E-state index contributed by atoms with van der Waals surface area (Å²) >= 11 is 0.929. The van der Waals surface area contributed by atoms with E-state index < -0.39 is 10.1 Å². The highest BCUT2D eigenvalue weighted by Gasteiger charge is 2.27. The number of hydrogen-bond donors (Lipinski definition) is 0. The second-order valence-electron chi connectivity index (χ2n) is 5.63. The summed E-state index contributed by atoms with van der Waals surface area (Å²) in [4.78, 5) is 4.08. The molecule has 0 saturated carbocycles. The van der Waals surface area contributed by atoms with Crippen LogP contribution >= 0.6 is 11.3 Å². The smallest absolute Gasteiger partial charge is 0.166 e. The summed E-state index contributed by atoms with van der Waals surface area (Å²) in [5, 5.41) is 1.55. The topological polar surface area (TPSA) is 57.2 Å². The molecule has 0 fully saturated rings. The number of rotatable bonds is 4. The fourth-order valence-electron chi connectivity index (χ4n) is 2.48. The first-order valence-electron chi connectivity index (χ1n) is 8.44. The molecular weight excluding hydrogens is 408 g/mol. The summed E-state index contributed by atoms with van der Waals surface area (Å²) in [6.07, 6.45) is 0. The molecule has 142 valence electrons. The minimum Gasteiger partial charge on any atom is -0.743 e. The van der Waals surface area contributed by atoms with E-state index in [2.05, 4.69) is 91.0 Å². The summed E-state index contributed by atoms with van der Waals surface area (Å²) in [7, 11) is -4.21. The molecule has 3 nitrogen and oxygen atoms in total. The predicted molar refractivity (Wildman–Crippen MR) is 114 cm³/mol. The van der Waals surface area contributed by atoms with Crippen molar-refractivity contribution in [2.75, 3.05) is 0 Å². The van der Waals surface area contributed by atoms with Crippen molar-refractivity contribution in [3.63, 3.8) is 0 Å². The quantitative estimate of drug-likeness (QED) is 0.323. The first kappa shape index (κ1) is 20.4. The van der Waals surface area contributed by atoms with Gasteiger partial charge in [-0.2, -0.15) is 0 Å². The molecule has 3 aromatic carbocycles. The zero-order valence-electron chi connectivity index (χ0n) is 14.8. The van der Waals surface area contributed by atoms with Crippen molar-refractivity contribution in [1.82, 2.24) is 0 Å². The van der Waals surface area contributed by atoms with Crippen LogP contribution in [0.3, 0.4) is 0 Å². The summed E-state index contributed by atoms with van der Waals surface area (Å²) in [5.41, 5.74) is 0. The number of benzene rings is 3. The maximum Gasteiger partial charge on any atom is 0.166 e. The third kappa shape index (κ3) is 5.56. The normalized spacial score (nSPS) is 10.9. The lowest BCUT2D eigenvalue weighted by Crippen LogP contribution is -2.04. The van der Waals surface area contributed by atoms with Crippen LogP contribution in [0.15, 0.2) is 127 Å². The summed E-state index contributed by atoms with van der Waals surface area (Å²) in [6.45, 7) is 0. The van der Waals surface area contributed by atoms with Crippen LogP contribution in [0.5, 0.6) is 0 Å². The van der Waals surface area contributed by atoms with E-state index in [4.69, 9.17) is 0 Å². The van der Waals surface area contributed by atoms with Crippen LogP contribution in [0, 0.1) is 0 Å². The van der Waals surface area contributed by atoms with E-state index in [1.165, 1.54) is 26.8 Å². The van der Waals surface area contributed by atoms with E-state index in [1.54, 1.807) is 5.38 Å². The average molecular weight is 427 g/mol. The van der Waals surface area contributed by atoms with Gasteiger partial charge < -0.3 is 4.55 Å². The van der Waals surface area contributed by atoms with Crippen molar-refractivity contribution < 1.29 is 13.0 Å². The molecule has 0 saturated heterocycles. The zero-order valence-corrected chi connectivity index (χ0v) is 17.3. The highest BCUT2D eigenvalue weighted by Crippen LogP contribution is 2.30. The Bertz CT molecular complexity index is 970. The van der Waals surface area contributed by atoms with Gasteiger partial charge in [-0.15, -0.1) is 11.3 Å². The first-order chi connectivity index (χ1) is 13.6. The van der Waals surface area contributed by atoms with Crippen molar-refractivity contribution in [1.29, 1.82) is 0 Å². The lowest BCUT2D eigenvalue weighted by atomic mass is 10.4. The monoisotopic (exact) mass is 426 g/mol. The minimum atomic E-state index is -4.19. The molecule has 0 aliphatic carbocycles. The Kier molecular flexibility index (Phi) is 7.06. The fraction of sp³-hybridized carbons (Fsp3) is 0. The lowest BCUT2D eigenvalue weighted by molar-refractivity contribution is 0.465. The zero-order chi connectivity index (χ0) is 19.8. The molecule has 0 unspecified atom stereocenters. The van der Waals surface area contributed by atoms with E-state index >= 15 is 0 Å². The average Bonchev–Trinajstić information content (AvgIpc) is 3.27. The van der Waals surface area contributed by atoms with Gasteiger partial charge in [-0.25, -0.2) is 8.42 Å². The van der Waals surface area contributed by atoms with Crippen LogP contribution in [0.4, 0.5) is 0 Å². The standard InChI is InChI=1S/C18H15S.C4H4O3S2/c1-4-10-16(11-5-1)19(17-12-6-2-7-13-17)18-14-8-3-9-15-18;5-9(6,7)4-2-1-3-8-4/h1-15H;1-3H,(H,5,6,7)/q+1;/p-1. The summed E-state index contributed by atoms with van der Waals surface area (Å²) < 4.78 is 30.3. The van der Waals surface area contributed by atoms with Gasteiger partial charge in [-0.05, 0) is 47.8 Å². The van der Waals surface area contributed by atoms with Gasteiger partial charge >= 0.3 is 0 Å². The molecule has 0 amide bonds. The Hall–Kier alpha value is -2.38. The summed E-state index contributed by atoms with van der Waals surface area (Å²) in [6, 6.07) is 35.0. The molecule has 1 aromatic heterocycles. The third-order valence-electron chi connectivity index (χ3n) is 3.68. The molecule has 1 heterocycles. The van der Waals surface area contributed by atoms with E-state index in [0.717, 1.165) is 11.3 Å². The second kappa shape index (κ2) is 9.71. The molecule has 0 aliphatic rings. The van der Waals surface area contributed by atoms with Gasteiger partial charge in [0, 0.05) is 0 Å². The molecular formula is C22H18O3S3. The van der Waals surface area contributed by atoms with Crippen molar-refractivity contribution in [2.24, 2.45) is 0 Å². The maximum atomic E-state index is 10.1. The predicted octanol–water partition coefficient (Wildman–Crippen LogP) is 5.43. The second-order valence-corrected chi connectivity index (χ2v) is 10.2. The van der Waals surface area contributed by atoms with E-state index in [9.17, 15) is 13.0 Å². The van der Waals surface area contributed by atoms with Crippen LogP contribution in [-0.4, -0.2) is 13.0 Å². The molecule has 0 N–H and O–H groups in total. The van der Waals surface area contributed by atoms with Gasteiger partial charge in [0.2, 0.25) is 0 Å².